The Labute approximate surface area is 172 Å². The molecule has 2 fully saturated rings. The number of likely N-dealkylation sites (N-methyl/N-ethyl adjacent to an activating group) is 1. The van der Waals surface area contributed by atoms with Crippen molar-refractivity contribution in [1.29, 1.82) is 0 Å². The Kier molecular flexibility index (Phi) is 5.59. The highest BCUT2D eigenvalue weighted by atomic mass is 35.5. The number of cyclic esters (lactones) is 2. The third-order valence-electron chi connectivity index (χ3n) is 4.69. The highest BCUT2D eigenvalue weighted by Gasteiger charge is 2.44. The number of rotatable bonds is 3. The quantitative estimate of drug-likeness (QED) is 0.454. The van der Waals surface area contributed by atoms with Crippen LogP contribution >= 0.6 is 23.2 Å². The molecule has 2 aliphatic rings. The average molecular weight is 427 g/mol. The average Bonchev–Trinajstić information content (AvgIpc) is 2.93. The summed E-state index contributed by atoms with van der Waals surface area (Å²) in [5, 5.41) is 3.81. The maximum absolute atomic E-state index is 12.6. The normalized spacial score (nSPS) is 21.5. The molecule has 1 unspecified atom stereocenters. The number of nitrogens with one attached hydrogen (secondary N) is 1. The number of ether oxygens (including phenoxy) is 2. The van der Waals surface area contributed by atoms with Crippen LogP contribution in [-0.4, -0.2) is 41.6 Å². The van der Waals surface area contributed by atoms with E-state index in [1.165, 1.54) is 13.8 Å². The summed E-state index contributed by atoms with van der Waals surface area (Å²) in [5.74, 6) is -3.01. The summed E-state index contributed by atoms with van der Waals surface area (Å²) in [6, 6.07) is 4.52. The van der Waals surface area contributed by atoms with Crippen molar-refractivity contribution in [3.63, 3.8) is 0 Å². The second-order valence-corrected chi connectivity index (χ2v) is 7.96. The summed E-state index contributed by atoms with van der Waals surface area (Å²) in [6.07, 6.45) is 0.843. The lowest BCUT2D eigenvalue weighted by molar-refractivity contribution is -0.222. The second kappa shape index (κ2) is 7.64. The first kappa shape index (κ1) is 20.5. The fraction of sp³-hybridized carbons (Fsp3) is 0.421. The van der Waals surface area contributed by atoms with Gasteiger partial charge in [0.25, 0.3) is 5.79 Å². The van der Waals surface area contributed by atoms with Gasteiger partial charge < -0.3 is 19.7 Å². The molecule has 2 aliphatic heterocycles. The van der Waals surface area contributed by atoms with Crippen LogP contribution in [0.3, 0.4) is 0 Å². The number of esters is 2. The maximum Gasteiger partial charge on any atom is 0.350 e. The van der Waals surface area contributed by atoms with Gasteiger partial charge in [0.1, 0.15) is 6.04 Å². The smallest absolute Gasteiger partial charge is 0.350 e. The predicted molar refractivity (Wildman–Crippen MR) is 102 cm³/mol. The molecule has 7 nitrogen and oxygen atoms in total. The minimum Gasteiger partial charge on any atom is -0.419 e. The van der Waals surface area contributed by atoms with E-state index in [1.54, 1.807) is 30.1 Å². The van der Waals surface area contributed by atoms with Crippen molar-refractivity contribution >= 4 is 41.0 Å². The van der Waals surface area contributed by atoms with E-state index < -0.39 is 23.8 Å². The number of hydrogen-bond donors (Lipinski definition) is 1. The molecule has 1 aromatic rings. The summed E-state index contributed by atoms with van der Waals surface area (Å²) < 4.78 is 10.3. The first-order chi connectivity index (χ1) is 13.1. The SMILES string of the molecule is CN1C(=C2C(=O)OC(C)(C)OC2=O)CCC1C(=O)NCc1ccc(Cl)cc1Cl. The molecule has 0 aromatic heterocycles. The molecule has 1 aromatic carbocycles. The Morgan fingerprint density at radius 2 is 1.89 bits per heavy atom. The molecule has 1 amide bonds. The highest BCUT2D eigenvalue weighted by Crippen LogP contribution is 2.33. The van der Waals surface area contributed by atoms with E-state index >= 15 is 0 Å². The van der Waals surface area contributed by atoms with Gasteiger partial charge in [0.05, 0.1) is 0 Å². The maximum atomic E-state index is 12.6. The minimum atomic E-state index is -1.30. The number of carbonyl (C=O) groups excluding carboxylic acids is 3. The van der Waals surface area contributed by atoms with Crippen molar-refractivity contribution in [1.82, 2.24) is 10.2 Å². The molecule has 28 heavy (non-hydrogen) atoms. The number of nitrogens with zero attached hydrogens (tertiary/aromatic N) is 1. The number of carbonyl (C=O) groups is 3. The van der Waals surface area contributed by atoms with Crippen LogP contribution in [-0.2, 0) is 30.4 Å². The fourth-order valence-corrected chi connectivity index (χ4v) is 3.77. The van der Waals surface area contributed by atoms with Crippen molar-refractivity contribution in [2.24, 2.45) is 0 Å². The van der Waals surface area contributed by atoms with E-state index in [0.29, 0.717) is 28.6 Å². The largest absolute Gasteiger partial charge is 0.419 e. The summed E-state index contributed by atoms with van der Waals surface area (Å²) in [4.78, 5) is 38.8. The van der Waals surface area contributed by atoms with Gasteiger partial charge in [0.2, 0.25) is 5.91 Å². The van der Waals surface area contributed by atoms with E-state index in [2.05, 4.69) is 5.32 Å². The molecule has 1 N–H and O–H groups in total. The van der Waals surface area contributed by atoms with E-state index in [1.807, 2.05) is 0 Å². The lowest BCUT2D eigenvalue weighted by Gasteiger charge is -2.32. The number of halogens is 2. The van der Waals surface area contributed by atoms with Gasteiger partial charge >= 0.3 is 11.9 Å². The second-order valence-electron chi connectivity index (χ2n) is 7.12. The molecule has 0 spiro atoms. The van der Waals surface area contributed by atoms with Gasteiger partial charge in [-0.3, -0.25) is 4.79 Å². The Bertz CT molecular complexity index is 859. The van der Waals surface area contributed by atoms with Gasteiger partial charge in [-0.15, -0.1) is 0 Å². The molecular formula is C19H20Cl2N2O5. The van der Waals surface area contributed by atoms with Crippen LogP contribution in [0.1, 0.15) is 32.3 Å². The van der Waals surface area contributed by atoms with Gasteiger partial charge in [-0.05, 0) is 30.5 Å². The first-order valence-electron chi connectivity index (χ1n) is 8.73. The third-order valence-corrected chi connectivity index (χ3v) is 5.28. The zero-order chi connectivity index (χ0) is 20.6. The van der Waals surface area contributed by atoms with Gasteiger partial charge in [-0.1, -0.05) is 29.3 Å². The van der Waals surface area contributed by atoms with Gasteiger partial charge in [0, 0.05) is 43.2 Å². The van der Waals surface area contributed by atoms with Crippen molar-refractivity contribution in [3.8, 4) is 0 Å². The number of hydrogen-bond acceptors (Lipinski definition) is 6. The zero-order valence-corrected chi connectivity index (χ0v) is 17.2. The number of benzene rings is 1. The van der Waals surface area contributed by atoms with Gasteiger partial charge in [-0.2, -0.15) is 0 Å². The molecule has 0 radical (unpaired) electrons. The van der Waals surface area contributed by atoms with E-state index in [9.17, 15) is 14.4 Å². The lowest BCUT2D eigenvalue weighted by atomic mass is 10.1. The fourth-order valence-electron chi connectivity index (χ4n) is 3.29. The minimum absolute atomic E-state index is 0.155. The molecular weight excluding hydrogens is 407 g/mol. The molecule has 2 heterocycles. The van der Waals surface area contributed by atoms with Crippen LogP contribution in [0, 0.1) is 0 Å². The molecule has 2 saturated heterocycles. The van der Waals surface area contributed by atoms with Crippen LogP contribution < -0.4 is 5.32 Å². The zero-order valence-electron chi connectivity index (χ0n) is 15.7. The van der Waals surface area contributed by atoms with Crippen molar-refractivity contribution in [2.45, 2.75) is 45.1 Å². The number of allylic oxidation sites excluding steroid dienone is 1. The molecule has 0 bridgehead atoms. The summed E-state index contributed by atoms with van der Waals surface area (Å²) in [6.45, 7) is 3.21. The highest BCUT2D eigenvalue weighted by molar-refractivity contribution is 6.35. The van der Waals surface area contributed by atoms with E-state index in [-0.39, 0.29) is 18.0 Å². The van der Waals surface area contributed by atoms with E-state index in [0.717, 1.165) is 5.56 Å². The van der Waals surface area contributed by atoms with Crippen LogP contribution in [0.5, 0.6) is 0 Å². The van der Waals surface area contributed by atoms with Crippen LogP contribution in [0.4, 0.5) is 0 Å². The predicted octanol–water partition coefficient (Wildman–Crippen LogP) is 2.79. The number of likely N-dealkylation sites (tertiary alicyclic amines) is 1. The molecule has 1 atom stereocenters. The molecule has 0 aliphatic carbocycles. The Morgan fingerprint density at radius 3 is 2.50 bits per heavy atom. The molecule has 0 saturated carbocycles. The summed E-state index contributed by atoms with van der Waals surface area (Å²) in [7, 11) is 1.66. The molecule has 9 heteroatoms. The van der Waals surface area contributed by atoms with Crippen molar-refractivity contribution < 1.29 is 23.9 Å². The van der Waals surface area contributed by atoms with Crippen molar-refractivity contribution in [2.75, 3.05) is 7.05 Å². The Balaban J connectivity index is 1.71. The summed E-state index contributed by atoms with van der Waals surface area (Å²) >= 11 is 12.0. The lowest BCUT2D eigenvalue weighted by Crippen LogP contribution is -2.44. The Hall–Kier alpha value is -2.25. The third kappa shape index (κ3) is 4.10. The van der Waals surface area contributed by atoms with Crippen molar-refractivity contribution in [3.05, 3.63) is 45.1 Å². The van der Waals surface area contributed by atoms with Crippen LogP contribution in [0.15, 0.2) is 29.5 Å². The number of amides is 1. The Morgan fingerprint density at radius 1 is 1.25 bits per heavy atom. The molecule has 150 valence electrons. The van der Waals surface area contributed by atoms with Gasteiger partial charge in [0.15, 0.2) is 5.57 Å². The first-order valence-corrected chi connectivity index (χ1v) is 9.49. The van der Waals surface area contributed by atoms with Gasteiger partial charge in [-0.25, -0.2) is 9.59 Å². The summed E-state index contributed by atoms with van der Waals surface area (Å²) in [5.41, 5.74) is 1.02. The monoisotopic (exact) mass is 426 g/mol. The standard InChI is InChI=1S/C19H20Cl2N2O5/c1-19(2)27-17(25)15(18(26)28-19)13-6-7-14(23(13)3)16(24)22-9-10-4-5-11(20)8-12(10)21/h4-5,8,14H,6-7,9H2,1-3H3,(H,22,24). The topological polar surface area (TPSA) is 84.9 Å². The van der Waals surface area contributed by atoms with E-state index in [4.69, 9.17) is 32.7 Å². The van der Waals surface area contributed by atoms with Crippen LogP contribution in [0.2, 0.25) is 10.0 Å². The molecule has 3 rings (SSSR count). The van der Waals surface area contributed by atoms with Crippen LogP contribution in [0.25, 0.3) is 0 Å².